The van der Waals surface area contributed by atoms with Crippen LogP contribution in [0.4, 0.5) is 11.5 Å². The Morgan fingerprint density at radius 2 is 1.85 bits per heavy atom. The lowest BCUT2D eigenvalue weighted by molar-refractivity contribution is 0.0984. The molecule has 4 aromatic rings. The number of hydrogen-bond acceptors (Lipinski definition) is 7. The van der Waals surface area contributed by atoms with E-state index in [9.17, 15) is 9.59 Å². The van der Waals surface area contributed by atoms with Gasteiger partial charge in [0.25, 0.3) is 11.8 Å². The van der Waals surface area contributed by atoms with Gasteiger partial charge in [-0.2, -0.15) is 0 Å². The number of aromatic nitrogens is 3. The van der Waals surface area contributed by atoms with Gasteiger partial charge < -0.3 is 20.7 Å². The number of carbonyl (C=O) groups is 2. The number of nitrogens with zero attached hydrogens (tertiary/aromatic N) is 4. The van der Waals surface area contributed by atoms with Crippen LogP contribution in [0.1, 0.15) is 32.0 Å². The van der Waals surface area contributed by atoms with E-state index < -0.39 is 0 Å². The quantitative estimate of drug-likeness (QED) is 0.485. The molecule has 3 aromatic heterocycles. The first-order valence-corrected chi connectivity index (χ1v) is 10.6. The highest BCUT2D eigenvalue weighted by Gasteiger charge is 2.26. The number of rotatable bonds is 4. The zero-order valence-corrected chi connectivity index (χ0v) is 18.0. The average Bonchev–Trinajstić information content (AvgIpc) is 3.05. The average molecular weight is 452 g/mol. The van der Waals surface area contributed by atoms with Gasteiger partial charge in [0.1, 0.15) is 5.82 Å². The minimum atomic E-state index is -0.341. The van der Waals surface area contributed by atoms with Crippen molar-refractivity contribution in [1.82, 2.24) is 15.0 Å². The number of nitrogens with one attached hydrogen (secondary N) is 1. The third-order valence-electron chi connectivity index (χ3n) is 5.33. The second kappa shape index (κ2) is 9.08. The summed E-state index contributed by atoms with van der Waals surface area (Å²) in [5.74, 6) is 0.739. The first-order valence-electron chi connectivity index (χ1n) is 10.6. The smallest absolute Gasteiger partial charge is 0.260 e. The van der Waals surface area contributed by atoms with E-state index in [1.54, 1.807) is 47.5 Å². The van der Waals surface area contributed by atoms with Crippen LogP contribution in [0.3, 0.4) is 0 Å². The van der Waals surface area contributed by atoms with Gasteiger partial charge in [0.15, 0.2) is 5.75 Å². The van der Waals surface area contributed by atoms with Crippen molar-refractivity contribution < 1.29 is 14.3 Å². The molecule has 1 aliphatic heterocycles. The number of anilines is 2. The molecule has 5 rings (SSSR count). The minimum absolute atomic E-state index is 0.237. The van der Waals surface area contributed by atoms with E-state index in [2.05, 4.69) is 20.3 Å². The Morgan fingerprint density at radius 3 is 2.68 bits per heavy atom. The monoisotopic (exact) mass is 452 g/mol. The molecule has 0 saturated carbocycles. The largest absolute Gasteiger partial charge is 0.436 e. The van der Waals surface area contributed by atoms with Crippen molar-refractivity contribution in [2.45, 2.75) is 13.1 Å². The summed E-state index contributed by atoms with van der Waals surface area (Å²) >= 11 is 0. The third kappa shape index (κ3) is 4.19. The van der Waals surface area contributed by atoms with Crippen LogP contribution in [0.2, 0.25) is 0 Å². The Balaban J connectivity index is 1.38. The van der Waals surface area contributed by atoms with E-state index in [1.807, 2.05) is 24.3 Å². The van der Waals surface area contributed by atoms with Crippen LogP contribution in [-0.4, -0.2) is 26.8 Å². The lowest BCUT2D eigenvalue weighted by Gasteiger charge is -2.22. The van der Waals surface area contributed by atoms with Crippen LogP contribution in [0.5, 0.6) is 11.6 Å². The van der Waals surface area contributed by atoms with Gasteiger partial charge in [0.05, 0.1) is 23.5 Å². The predicted octanol–water partition coefficient (Wildman–Crippen LogP) is 3.54. The van der Waals surface area contributed by atoms with Crippen LogP contribution in [0, 0.1) is 0 Å². The Hall–Kier alpha value is -4.63. The molecule has 2 amide bonds. The standard InChI is InChI=1S/C25H20N6O3/c26-13-19-12-16(9-11-27-19)23(32)30-22-8-7-17(14-29-22)25(33)31-15-18-4-3-10-28-24(18)34-21-6-2-1-5-20(21)31/h1-12,14H,13,15,26H2,(H,29,30,32). The van der Waals surface area contributed by atoms with E-state index in [4.69, 9.17) is 10.5 Å². The van der Waals surface area contributed by atoms with Crippen molar-refractivity contribution in [1.29, 1.82) is 0 Å². The molecule has 0 fully saturated rings. The van der Waals surface area contributed by atoms with Crippen molar-refractivity contribution >= 4 is 23.3 Å². The molecule has 0 atom stereocenters. The summed E-state index contributed by atoms with van der Waals surface area (Å²) < 4.78 is 5.96. The summed E-state index contributed by atoms with van der Waals surface area (Å²) in [4.78, 5) is 40.3. The molecular formula is C25H20N6O3. The molecule has 4 heterocycles. The number of para-hydroxylation sites is 2. The van der Waals surface area contributed by atoms with Gasteiger partial charge in [-0.05, 0) is 42.5 Å². The number of benzene rings is 1. The summed E-state index contributed by atoms with van der Waals surface area (Å²) in [6.45, 7) is 0.532. The molecule has 0 unspecified atom stereocenters. The fraction of sp³-hybridized carbons (Fsp3) is 0.0800. The lowest BCUT2D eigenvalue weighted by Crippen LogP contribution is -2.30. The van der Waals surface area contributed by atoms with Crippen LogP contribution in [-0.2, 0) is 13.1 Å². The number of nitrogens with two attached hydrogens (primary N) is 1. The highest BCUT2D eigenvalue weighted by atomic mass is 16.5. The van der Waals surface area contributed by atoms with Gasteiger partial charge in [-0.1, -0.05) is 18.2 Å². The molecule has 9 heteroatoms. The van der Waals surface area contributed by atoms with Crippen molar-refractivity contribution in [2.24, 2.45) is 5.73 Å². The molecule has 0 aliphatic carbocycles. The molecule has 0 bridgehead atoms. The van der Waals surface area contributed by atoms with Gasteiger partial charge in [-0.3, -0.25) is 14.6 Å². The van der Waals surface area contributed by atoms with Crippen molar-refractivity contribution in [3.8, 4) is 11.6 Å². The highest BCUT2D eigenvalue weighted by Crippen LogP contribution is 2.38. The molecule has 0 radical (unpaired) electrons. The van der Waals surface area contributed by atoms with E-state index >= 15 is 0 Å². The number of pyridine rings is 3. The number of hydrogen-bond donors (Lipinski definition) is 2. The van der Waals surface area contributed by atoms with Crippen molar-refractivity contribution in [3.05, 3.63) is 102 Å². The molecule has 3 N–H and O–H groups in total. The van der Waals surface area contributed by atoms with Gasteiger partial charge >= 0.3 is 0 Å². The van der Waals surface area contributed by atoms with Gasteiger partial charge in [-0.25, -0.2) is 9.97 Å². The van der Waals surface area contributed by atoms with Crippen molar-refractivity contribution in [2.75, 3.05) is 10.2 Å². The second-order valence-corrected chi connectivity index (χ2v) is 7.55. The van der Waals surface area contributed by atoms with E-state index in [0.717, 1.165) is 5.56 Å². The van der Waals surface area contributed by atoms with Crippen molar-refractivity contribution in [3.63, 3.8) is 0 Å². The highest BCUT2D eigenvalue weighted by molar-refractivity contribution is 6.07. The zero-order valence-electron chi connectivity index (χ0n) is 18.0. The number of carbonyl (C=O) groups excluding carboxylic acids is 2. The molecule has 1 aliphatic rings. The molecule has 9 nitrogen and oxygen atoms in total. The second-order valence-electron chi connectivity index (χ2n) is 7.55. The Bertz CT molecular complexity index is 1370. The van der Waals surface area contributed by atoms with E-state index in [0.29, 0.717) is 46.5 Å². The Morgan fingerprint density at radius 1 is 0.971 bits per heavy atom. The van der Waals surface area contributed by atoms with Crippen LogP contribution in [0.25, 0.3) is 0 Å². The number of amides is 2. The molecule has 34 heavy (non-hydrogen) atoms. The van der Waals surface area contributed by atoms with Gasteiger partial charge in [-0.15, -0.1) is 0 Å². The number of fused-ring (bicyclic) bond motifs is 2. The Labute approximate surface area is 195 Å². The molecule has 0 spiro atoms. The SMILES string of the molecule is NCc1cc(C(=O)Nc2ccc(C(=O)N3Cc4cccnc4Oc4ccccc43)cn2)ccn1. The first kappa shape index (κ1) is 21.2. The Kier molecular flexibility index (Phi) is 5.67. The summed E-state index contributed by atoms with van der Waals surface area (Å²) in [5.41, 5.74) is 8.42. The minimum Gasteiger partial charge on any atom is -0.436 e. The maximum atomic E-state index is 13.5. The fourth-order valence-corrected chi connectivity index (χ4v) is 3.61. The summed E-state index contributed by atoms with van der Waals surface area (Å²) in [5, 5.41) is 2.72. The maximum Gasteiger partial charge on any atom is 0.260 e. The zero-order chi connectivity index (χ0) is 23.5. The van der Waals surface area contributed by atoms with Gasteiger partial charge in [0.2, 0.25) is 5.88 Å². The first-order chi connectivity index (χ1) is 16.6. The predicted molar refractivity (Wildman–Crippen MR) is 126 cm³/mol. The fourth-order valence-electron chi connectivity index (χ4n) is 3.61. The molecule has 0 saturated heterocycles. The van der Waals surface area contributed by atoms with E-state index in [-0.39, 0.29) is 18.4 Å². The summed E-state index contributed by atoms with van der Waals surface area (Å²) in [6, 6.07) is 17.4. The molecule has 1 aromatic carbocycles. The van der Waals surface area contributed by atoms with Crippen LogP contribution in [0.15, 0.2) is 79.3 Å². The summed E-state index contributed by atoms with van der Waals surface area (Å²) in [7, 11) is 0. The normalized spacial score (nSPS) is 12.1. The topological polar surface area (TPSA) is 123 Å². The maximum absolute atomic E-state index is 13.5. The number of ether oxygens (including phenoxy) is 1. The van der Waals surface area contributed by atoms with Crippen LogP contribution >= 0.6 is 0 Å². The van der Waals surface area contributed by atoms with Gasteiger partial charge in [0, 0.05) is 36.3 Å². The lowest BCUT2D eigenvalue weighted by atomic mass is 10.1. The molecular weight excluding hydrogens is 432 g/mol. The van der Waals surface area contributed by atoms with Crippen LogP contribution < -0.4 is 20.7 Å². The van der Waals surface area contributed by atoms with E-state index in [1.165, 1.54) is 12.4 Å². The summed E-state index contributed by atoms with van der Waals surface area (Å²) in [6.07, 6.45) is 4.62. The molecule has 168 valence electrons. The third-order valence-corrected chi connectivity index (χ3v) is 5.33.